The molecule has 0 N–H and O–H groups in total. The summed E-state index contributed by atoms with van der Waals surface area (Å²) in [5.74, 6) is 0. The predicted molar refractivity (Wildman–Crippen MR) is 27.7 cm³/mol. The van der Waals surface area contributed by atoms with Crippen LogP contribution in [0.2, 0.25) is 6.32 Å². The first-order chi connectivity index (χ1) is 2.41. The van der Waals surface area contributed by atoms with Crippen molar-refractivity contribution in [2.45, 2.75) is 13.2 Å². The predicted octanol–water partition coefficient (Wildman–Crippen LogP) is -0.171. The van der Waals surface area contributed by atoms with E-state index in [2.05, 4.69) is 0 Å². The largest absolute Gasteiger partial charge is 0.0923 e. The van der Waals surface area contributed by atoms with Crippen LogP contribution < -0.4 is 0 Å². The van der Waals surface area contributed by atoms with E-state index in [1.807, 2.05) is 14.1 Å². The maximum atomic E-state index is 4.96. The minimum Gasteiger partial charge on any atom is -0.0923 e. The Hall–Kier alpha value is 1.06. The molecule has 0 atom stereocenters. The summed E-state index contributed by atoms with van der Waals surface area (Å²) in [4.78, 5) is 0. The van der Waals surface area contributed by atoms with Crippen molar-refractivity contribution in [2.75, 3.05) is 0 Å². The van der Waals surface area contributed by atoms with Crippen LogP contribution in [0.3, 0.4) is 0 Å². The van der Waals surface area contributed by atoms with Crippen molar-refractivity contribution in [3.8, 4) is 0 Å². The minimum absolute atomic E-state index is 0. The standard InChI is InChI=1S/C2H5B3.Hf/c1-2-4-5-3;/h2H2,1H3;. The SMILES string of the molecule is [B][B][B]CC.[Hf]. The molecule has 0 amide bonds. The summed E-state index contributed by atoms with van der Waals surface area (Å²) in [7, 11) is 8.42. The summed E-state index contributed by atoms with van der Waals surface area (Å²) in [6, 6.07) is 0. The Morgan fingerprint density at radius 3 is 2.17 bits per heavy atom. The molecule has 4 radical (unpaired) electrons. The molecule has 0 fully saturated rings. The van der Waals surface area contributed by atoms with Gasteiger partial charge in [-0.25, -0.2) is 0 Å². The average molecular weight is 240 g/mol. The Labute approximate surface area is 61.1 Å². The van der Waals surface area contributed by atoms with Gasteiger partial charge in [-0.05, 0) is 0 Å². The third kappa shape index (κ3) is 8.91. The van der Waals surface area contributed by atoms with Gasteiger partial charge in [0, 0.05) is 40.6 Å². The van der Waals surface area contributed by atoms with E-state index >= 15 is 0 Å². The third-order valence-electron chi connectivity index (χ3n) is 0.372. The molecule has 0 aliphatic heterocycles. The molecule has 0 aliphatic rings. The van der Waals surface area contributed by atoms with Crippen molar-refractivity contribution < 1.29 is 25.8 Å². The second-order valence-corrected chi connectivity index (χ2v) is 0.836. The first-order valence-electron chi connectivity index (χ1n) is 1.78. The maximum Gasteiger partial charge on any atom is 0.0541 e. The number of hydrogen-bond acceptors (Lipinski definition) is 0. The van der Waals surface area contributed by atoms with E-state index in [4.69, 9.17) is 7.74 Å². The molecule has 0 aliphatic carbocycles. The normalized spacial score (nSPS) is 5.50. The maximum absolute atomic E-state index is 4.96. The Morgan fingerprint density at radius 1 is 1.67 bits per heavy atom. The van der Waals surface area contributed by atoms with Gasteiger partial charge >= 0.3 is 0 Å². The number of hydrogen-bond donors (Lipinski definition) is 0. The molecule has 0 spiro atoms. The van der Waals surface area contributed by atoms with Crippen molar-refractivity contribution in [3.63, 3.8) is 0 Å². The molecular formula is C2H5B3Hf. The van der Waals surface area contributed by atoms with Gasteiger partial charge in [0.2, 0.25) is 0 Å². The first kappa shape index (κ1) is 10.1. The molecular weight excluding hydrogens is 235 g/mol. The van der Waals surface area contributed by atoms with Crippen molar-refractivity contribution in [2.24, 2.45) is 0 Å². The van der Waals surface area contributed by atoms with Gasteiger partial charge in [0.25, 0.3) is 0 Å². The van der Waals surface area contributed by atoms with Crippen molar-refractivity contribution in [1.29, 1.82) is 0 Å². The Bertz CT molecular complexity index is 16.3. The summed E-state index contributed by atoms with van der Waals surface area (Å²) < 4.78 is 0. The zero-order chi connectivity index (χ0) is 4.12. The molecule has 26 valence electrons. The van der Waals surface area contributed by atoms with Crippen LogP contribution in [0.1, 0.15) is 6.92 Å². The van der Waals surface area contributed by atoms with Crippen LogP contribution in [0.5, 0.6) is 0 Å². The second kappa shape index (κ2) is 9.42. The van der Waals surface area contributed by atoms with E-state index in [0.29, 0.717) is 0 Å². The molecule has 0 heterocycles. The van der Waals surface area contributed by atoms with Gasteiger partial charge in [0.1, 0.15) is 0 Å². The quantitative estimate of drug-likeness (QED) is 0.588. The Balaban J connectivity index is 0. The summed E-state index contributed by atoms with van der Waals surface area (Å²) in [5, 5.41) is 0. The van der Waals surface area contributed by atoms with Crippen LogP contribution in [0.15, 0.2) is 0 Å². The van der Waals surface area contributed by atoms with E-state index in [0.717, 1.165) is 6.32 Å². The molecule has 0 unspecified atom stereocenters. The van der Waals surface area contributed by atoms with Crippen LogP contribution in [0.4, 0.5) is 0 Å². The fourth-order valence-corrected chi connectivity index (χ4v) is 0.136. The minimum atomic E-state index is 0. The third-order valence-corrected chi connectivity index (χ3v) is 0.372. The van der Waals surface area contributed by atoms with E-state index < -0.39 is 0 Å². The van der Waals surface area contributed by atoms with Gasteiger partial charge < -0.3 is 0 Å². The van der Waals surface area contributed by atoms with Crippen LogP contribution in [0.25, 0.3) is 0 Å². The average Bonchev–Trinajstić information content (AvgIpc) is 1.41. The zero-order valence-electron chi connectivity index (χ0n) is 3.94. The molecule has 0 aromatic carbocycles. The van der Waals surface area contributed by atoms with Crippen molar-refractivity contribution in [3.05, 3.63) is 0 Å². The first-order valence-corrected chi connectivity index (χ1v) is 1.78. The van der Waals surface area contributed by atoms with Crippen LogP contribution in [-0.4, -0.2) is 22.0 Å². The monoisotopic (exact) mass is 242 g/mol. The smallest absolute Gasteiger partial charge is 0.0541 e. The topological polar surface area (TPSA) is 0 Å². The molecule has 4 heteroatoms. The molecule has 6 heavy (non-hydrogen) atoms. The molecule has 0 aromatic rings. The summed E-state index contributed by atoms with van der Waals surface area (Å²) in [6.45, 7) is 2.04. The summed E-state index contributed by atoms with van der Waals surface area (Å²) >= 11 is 0. The van der Waals surface area contributed by atoms with E-state index in [9.17, 15) is 0 Å². The van der Waals surface area contributed by atoms with Crippen molar-refractivity contribution >= 4 is 22.0 Å². The van der Waals surface area contributed by atoms with Gasteiger partial charge in [-0.2, -0.15) is 0 Å². The molecule has 0 nitrogen and oxygen atoms in total. The van der Waals surface area contributed by atoms with Gasteiger partial charge in [0.05, 0.1) is 7.17 Å². The zero-order valence-corrected chi connectivity index (χ0v) is 7.53. The van der Waals surface area contributed by atoms with E-state index in [-0.39, 0.29) is 25.8 Å². The second-order valence-electron chi connectivity index (χ2n) is 0.836. The van der Waals surface area contributed by atoms with Crippen LogP contribution >= 0.6 is 0 Å². The van der Waals surface area contributed by atoms with Crippen LogP contribution in [0, 0.1) is 0 Å². The van der Waals surface area contributed by atoms with Gasteiger partial charge in [-0.15, -0.1) is 0 Å². The summed E-state index contributed by atoms with van der Waals surface area (Å²) in [5.41, 5.74) is 0. The van der Waals surface area contributed by atoms with Gasteiger partial charge in [0.15, 0.2) is 0 Å². The summed E-state index contributed by atoms with van der Waals surface area (Å²) in [6.07, 6.45) is 1.04. The molecule has 0 bridgehead atoms. The Morgan fingerprint density at radius 2 is 2.17 bits per heavy atom. The fraction of sp³-hybridized carbons (Fsp3) is 1.00. The van der Waals surface area contributed by atoms with Gasteiger partial charge in [-0.3, -0.25) is 0 Å². The molecule has 0 saturated heterocycles. The van der Waals surface area contributed by atoms with Crippen LogP contribution in [-0.2, 0) is 25.8 Å². The van der Waals surface area contributed by atoms with E-state index in [1.54, 1.807) is 7.06 Å². The van der Waals surface area contributed by atoms with E-state index in [1.165, 1.54) is 0 Å². The Kier molecular flexibility index (Phi) is 15.9. The molecule has 0 saturated carbocycles. The molecule has 0 aromatic heterocycles. The number of rotatable bonds is 2. The van der Waals surface area contributed by atoms with Gasteiger partial charge in [-0.1, -0.05) is 13.2 Å². The van der Waals surface area contributed by atoms with Crippen molar-refractivity contribution in [1.82, 2.24) is 0 Å². The molecule has 0 rings (SSSR count). The fourth-order valence-electron chi connectivity index (χ4n) is 0.136.